The topological polar surface area (TPSA) is 49.7 Å². The van der Waals surface area contributed by atoms with Crippen LogP contribution in [0.15, 0.2) is 60.7 Å². The average Bonchev–Trinajstić information content (AvgIpc) is 3.63. The van der Waals surface area contributed by atoms with E-state index in [2.05, 4.69) is 82.9 Å². The number of aromatic nitrogens is 1. The quantitative estimate of drug-likeness (QED) is 0.207. The summed E-state index contributed by atoms with van der Waals surface area (Å²) >= 11 is 6.61. The SMILES string of the molecule is CCn1c2ccccc2c2cc(CN3CCC(Oc4ccc(C(=O)NCC(C)(C)CN5CCCC5)cc4Cl)CC3)ccc21. The Bertz CT molecular complexity index is 1580. The van der Waals surface area contributed by atoms with E-state index in [0.717, 1.165) is 58.7 Å². The minimum atomic E-state index is -0.0892. The molecule has 6 rings (SSSR count). The molecule has 2 aliphatic rings. The molecule has 0 aliphatic carbocycles. The van der Waals surface area contributed by atoms with Gasteiger partial charge < -0.3 is 19.5 Å². The highest BCUT2D eigenvalue weighted by molar-refractivity contribution is 6.32. The van der Waals surface area contributed by atoms with E-state index in [1.165, 1.54) is 40.2 Å². The number of benzene rings is 3. The van der Waals surface area contributed by atoms with Crippen LogP contribution >= 0.6 is 11.6 Å². The molecule has 43 heavy (non-hydrogen) atoms. The summed E-state index contributed by atoms with van der Waals surface area (Å²) in [5.41, 5.74) is 4.55. The molecular formula is C36H45ClN4O2. The maximum Gasteiger partial charge on any atom is 0.251 e. The number of halogens is 1. The minimum Gasteiger partial charge on any atom is -0.489 e. The normalized spacial score (nSPS) is 17.2. The van der Waals surface area contributed by atoms with Crippen LogP contribution in [0.2, 0.25) is 5.02 Å². The van der Waals surface area contributed by atoms with E-state index < -0.39 is 0 Å². The number of hydrogen-bond acceptors (Lipinski definition) is 4. The molecule has 1 amide bonds. The first-order chi connectivity index (χ1) is 20.8. The Balaban J connectivity index is 1.01. The van der Waals surface area contributed by atoms with Crippen LogP contribution in [-0.4, -0.2) is 65.6 Å². The smallest absolute Gasteiger partial charge is 0.251 e. The van der Waals surface area contributed by atoms with Gasteiger partial charge in [-0.05, 0) is 93.1 Å². The summed E-state index contributed by atoms with van der Waals surface area (Å²) in [6, 6.07) is 21.1. The molecule has 228 valence electrons. The molecule has 2 aliphatic heterocycles. The van der Waals surface area contributed by atoms with E-state index in [-0.39, 0.29) is 17.4 Å². The molecule has 0 saturated carbocycles. The van der Waals surface area contributed by atoms with Crippen LogP contribution in [0.3, 0.4) is 0 Å². The van der Waals surface area contributed by atoms with Crippen LogP contribution < -0.4 is 10.1 Å². The van der Waals surface area contributed by atoms with Crippen molar-refractivity contribution < 1.29 is 9.53 Å². The summed E-state index contributed by atoms with van der Waals surface area (Å²) in [7, 11) is 0. The summed E-state index contributed by atoms with van der Waals surface area (Å²) in [5, 5.41) is 6.28. The Morgan fingerprint density at radius 1 is 0.930 bits per heavy atom. The molecule has 1 N–H and O–H groups in total. The number of amides is 1. The summed E-state index contributed by atoms with van der Waals surface area (Å²) in [6.07, 6.45) is 4.56. The van der Waals surface area contributed by atoms with Gasteiger partial charge in [-0.15, -0.1) is 0 Å². The van der Waals surface area contributed by atoms with Crippen molar-refractivity contribution in [2.24, 2.45) is 5.41 Å². The van der Waals surface area contributed by atoms with E-state index in [0.29, 0.717) is 22.9 Å². The largest absolute Gasteiger partial charge is 0.489 e. The van der Waals surface area contributed by atoms with Gasteiger partial charge >= 0.3 is 0 Å². The van der Waals surface area contributed by atoms with Crippen LogP contribution in [0, 0.1) is 5.41 Å². The number of carbonyl (C=O) groups excluding carboxylic acids is 1. The number of likely N-dealkylation sites (tertiary alicyclic amines) is 2. The zero-order valence-corrected chi connectivity index (χ0v) is 26.6. The molecule has 1 aromatic heterocycles. The van der Waals surface area contributed by atoms with Gasteiger partial charge in [-0.1, -0.05) is 49.7 Å². The predicted molar refractivity (Wildman–Crippen MR) is 177 cm³/mol. The molecule has 0 bridgehead atoms. The van der Waals surface area contributed by atoms with E-state index in [9.17, 15) is 4.79 Å². The lowest BCUT2D eigenvalue weighted by Crippen LogP contribution is -2.41. The van der Waals surface area contributed by atoms with Crippen molar-refractivity contribution in [3.63, 3.8) is 0 Å². The predicted octanol–water partition coefficient (Wildman–Crippen LogP) is 7.36. The maximum absolute atomic E-state index is 12.9. The third-order valence-electron chi connectivity index (χ3n) is 9.16. The van der Waals surface area contributed by atoms with Crippen LogP contribution in [0.25, 0.3) is 21.8 Å². The van der Waals surface area contributed by atoms with E-state index in [4.69, 9.17) is 16.3 Å². The van der Waals surface area contributed by atoms with Gasteiger partial charge in [0, 0.05) is 66.6 Å². The molecular weight excluding hydrogens is 556 g/mol. The van der Waals surface area contributed by atoms with Crippen molar-refractivity contribution >= 4 is 39.3 Å². The fraction of sp³-hybridized carbons (Fsp3) is 0.472. The summed E-state index contributed by atoms with van der Waals surface area (Å²) < 4.78 is 8.73. The van der Waals surface area contributed by atoms with Crippen LogP contribution in [-0.2, 0) is 13.1 Å². The van der Waals surface area contributed by atoms with Gasteiger partial charge in [0.25, 0.3) is 5.91 Å². The molecule has 6 nitrogen and oxygen atoms in total. The first-order valence-corrected chi connectivity index (χ1v) is 16.4. The van der Waals surface area contributed by atoms with Crippen molar-refractivity contribution in [1.29, 1.82) is 0 Å². The van der Waals surface area contributed by atoms with Crippen molar-refractivity contribution in [2.45, 2.75) is 65.6 Å². The Morgan fingerprint density at radius 2 is 1.67 bits per heavy atom. The number of piperidine rings is 1. The zero-order chi connectivity index (χ0) is 30.0. The Hall–Kier alpha value is -3.06. The third-order valence-corrected chi connectivity index (χ3v) is 9.45. The van der Waals surface area contributed by atoms with Gasteiger partial charge in [-0.25, -0.2) is 0 Å². The van der Waals surface area contributed by atoms with Gasteiger partial charge in [0.15, 0.2) is 0 Å². The molecule has 2 saturated heterocycles. The lowest BCUT2D eigenvalue weighted by atomic mass is 9.92. The zero-order valence-electron chi connectivity index (χ0n) is 25.9. The molecule has 0 atom stereocenters. The van der Waals surface area contributed by atoms with Crippen molar-refractivity contribution in [2.75, 3.05) is 39.3 Å². The highest BCUT2D eigenvalue weighted by Crippen LogP contribution is 2.31. The standard InChI is InChI=1S/C36H45ClN4O2/c1-4-41-32-10-6-5-9-29(32)30-21-26(11-13-33(30)41)23-39-19-15-28(16-20-39)43-34-14-12-27(22-31(34)37)35(42)38-24-36(2,3)25-40-17-7-8-18-40/h5-6,9-14,21-22,28H,4,7-8,15-20,23-25H2,1-3H3,(H,38,42). The first kappa shape index (κ1) is 30.0. The highest BCUT2D eigenvalue weighted by Gasteiger charge is 2.25. The number of nitrogens with one attached hydrogen (secondary N) is 1. The van der Waals surface area contributed by atoms with Crippen molar-refractivity contribution in [3.05, 3.63) is 76.8 Å². The average molecular weight is 601 g/mol. The van der Waals surface area contributed by atoms with E-state index in [1.54, 1.807) is 6.07 Å². The number of carbonyl (C=O) groups is 1. The minimum absolute atomic E-state index is 0.0178. The van der Waals surface area contributed by atoms with E-state index in [1.807, 2.05) is 12.1 Å². The Morgan fingerprint density at radius 3 is 2.42 bits per heavy atom. The highest BCUT2D eigenvalue weighted by atomic mass is 35.5. The van der Waals surface area contributed by atoms with Gasteiger partial charge in [0.05, 0.1) is 5.02 Å². The summed E-state index contributed by atoms with van der Waals surface area (Å²) in [5.74, 6) is 0.567. The monoisotopic (exact) mass is 600 g/mol. The summed E-state index contributed by atoms with van der Waals surface area (Å²) in [6.45, 7) is 14.5. The molecule has 0 spiro atoms. The second kappa shape index (κ2) is 12.9. The second-order valence-electron chi connectivity index (χ2n) is 13.2. The van der Waals surface area contributed by atoms with Crippen molar-refractivity contribution in [1.82, 2.24) is 19.7 Å². The Kier molecular flexibility index (Phi) is 8.99. The van der Waals surface area contributed by atoms with Gasteiger partial charge in [0.1, 0.15) is 11.9 Å². The number of hydrogen-bond donors (Lipinski definition) is 1. The lowest BCUT2D eigenvalue weighted by molar-refractivity contribution is 0.0925. The summed E-state index contributed by atoms with van der Waals surface area (Å²) in [4.78, 5) is 17.9. The first-order valence-electron chi connectivity index (χ1n) is 16.0. The van der Waals surface area contributed by atoms with Gasteiger partial charge in [-0.3, -0.25) is 9.69 Å². The fourth-order valence-corrected chi connectivity index (χ4v) is 7.15. The molecule has 3 heterocycles. The van der Waals surface area contributed by atoms with Crippen LogP contribution in [0.5, 0.6) is 5.75 Å². The fourth-order valence-electron chi connectivity index (χ4n) is 6.92. The number of para-hydroxylation sites is 1. The Labute approximate surface area is 260 Å². The number of nitrogens with zero attached hydrogens (tertiary/aromatic N) is 3. The number of aryl methyl sites for hydroxylation is 1. The molecule has 3 aromatic carbocycles. The number of fused-ring (bicyclic) bond motifs is 3. The molecule has 4 aromatic rings. The maximum atomic E-state index is 12.9. The second-order valence-corrected chi connectivity index (χ2v) is 13.6. The lowest BCUT2D eigenvalue weighted by Gasteiger charge is -2.32. The molecule has 0 unspecified atom stereocenters. The number of rotatable bonds is 10. The molecule has 2 fully saturated rings. The molecule has 7 heteroatoms. The number of ether oxygens (including phenoxy) is 1. The van der Waals surface area contributed by atoms with Crippen LogP contribution in [0.4, 0.5) is 0 Å². The van der Waals surface area contributed by atoms with Crippen LogP contribution in [0.1, 0.15) is 62.4 Å². The third kappa shape index (κ3) is 6.87. The van der Waals surface area contributed by atoms with Gasteiger partial charge in [0.2, 0.25) is 0 Å². The molecule has 0 radical (unpaired) electrons. The van der Waals surface area contributed by atoms with E-state index >= 15 is 0 Å². The van der Waals surface area contributed by atoms with Crippen molar-refractivity contribution in [3.8, 4) is 5.75 Å². The van der Waals surface area contributed by atoms with Gasteiger partial charge in [-0.2, -0.15) is 0 Å².